The van der Waals surface area contributed by atoms with Gasteiger partial charge in [0.2, 0.25) is 15.9 Å². The Balaban J connectivity index is 1.58. The minimum Gasteiger partial charge on any atom is -0.325 e. The number of nitrogens with one attached hydrogen (secondary N) is 1. The minimum atomic E-state index is -3.35. The first-order valence-electron chi connectivity index (χ1n) is 9.61. The van der Waals surface area contributed by atoms with Gasteiger partial charge in [-0.05, 0) is 24.1 Å². The Morgan fingerprint density at radius 2 is 1.54 bits per heavy atom. The lowest BCUT2D eigenvalue weighted by molar-refractivity contribution is -0.121. The van der Waals surface area contributed by atoms with Gasteiger partial charge in [0, 0.05) is 31.9 Å². The molecule has 1 N–H and O–H groups in total. The van der Waals surface area contributed by atoms with Crippen molar-refractivity contribution in [2.75, 3.05) is 31.5 Å². The van der Waals surface area contributed by atoms with Crippen molar-refractivity contribution in [1.82, 2.24) is 9.21 Å². The molecule has 1 aliphatic heterocycles. The van der Waals surface area contributed by atoms with Crippen LogP contribution in [-0.4, -0.2) is 55.8 Å². The van der Waals surface area contributed by atoms with Gasteiger partial charge >= 0.3 is 0 Å². The van der Waals surface area contributed by atoms with Crippen molar-refractivity contribution in [3.8, 4) is 0 Å². The molecule has 0 aliphatic carbocycles. The van der Waals surface area contributed by atoms with Crippen LogP contribution in [0.25, 0.3) is 0 Å². The van der Waals surface area contributed by atoms with E-state index in [1.165, 1.54) is 0 Å². The summed E-state index contributed by atoms with van der Waals surface area (Å²) < 4.78 is 26.9. The number of para-hydroxylation sites is 1. The second-order valence-electron chi connectivity index (χ2n) is 6.96. The normalized spacial score (nSPS) is 17.2. The van der Waals surface area contributed by atoms with Crippen LogP contribution >= 0.6 is 0 Å². The Morgan fingerprint density at radius 1 is 0.964 bits per heavy atom. The van der Waals surface area contributed by atoms with Crippen molar-refractivity contribution in [2.45, 2.75) is 25.1 Å². The molecule has 2 aromatic carbocycles. The molecule has 2 aromatic rings. The molecule has 0 bridgehead atoms. The molecule has 1 saturated heterocycles. The first-order chi connectivity index (χ1) is 13.5. The van der Waals surface area contributed by atoms with Gasteiger partial charge in [-0.25, -0.2) is 8.42 Å². The third kappa shape index (κ3) is 5.19. The molecule has 0 aromatic heterocycles. The summed E-state index contributed by atoms with van der Waals surface area (Å²) >= 11 is 0. The maximum Gasteiger partial charge on any atom is 0.241 e. The summed E-state index contributed by atoms with van der Waals surface area (Å²) in [5, 5.41) is 2.95. The minimum absolute atomic E-state index is 0.0134. The van der Waals surface area contributed by atoms with Gasteiger partial charge in [0.15, 0.2) is 0 Å². The summed E-state index contributed by atoms with van der Waals surface area (Å²) in [7, 11) is -3.35. The zero-order valence-electron chi connectivity index (χ0n) is 16.1. The Kier molecular flexibility index (Phi) is 6.83. The van der Waals surface area contributed by atoms with E-state index in [4.69, 9.17) is 0 Å². The second-order valence-corrected chi connectivity index (χ2v) is 8.93. The van der Waals surface area contributed by atoms with E-state index in [-0.39, 0.29) is 17.7 Å². The fourth-order valence-corrected chi connectivity index (χ4v) is 5.04. The number of amides is 1. The number of sulfonamides is 1. The lowest BCUT2D eigenvalue weighted by Gasteiger charge is -2.37. The molecule has 1 atom stereocenters. The quantitative estimate of drug-likeness (QED) is 0.774. The van der Waals surface area contributed by atoms with Gasteiger partial charge in [-0.1, -0.05) is 55.5 Å². The highest BCUT2D eigenvalue weighted by Crippen LogP contribution is 2.17. The zero-order chi connectivity index (χ0) is 20.0. The lowest BCUT2D eigenvalue weighted by Crippen LogP contribution is -2.54. The first-order valence-corrected chi connectivity index (χ1v) is 11.2. The Labute approximate surface area is 167 Å². The van der Waals surface area contributed by atoms with E-state index in [2.05, 4.69) is 10.2 Å². The third-order valence-corrected chi connectivity index (χ3v) is 6.88. The van der Waals surface area contributed by atoms with Crippen LogP contribution in [-0.2, 0) is 20.6 Å². The summed E-state index contributed by atoms with van der Waals surface area (Å²) in [5.41, 5.74) is 1.56. The number of rotatable bonds is 7. The predicted octanol–water partition coefficient (Wildman–Crippen LogP) is 2.55. The van der Waals surface area contributed by atoms with Gasteiger partial charge in [-0.2, -0.15) is 4.31 Å². The average Bonchev–Trinajstić information content (AvgIpc) is 2.70. The highest BCUT2D eigenvalue weighted by atomic mass is 32.2. The summed E-state index contributed by atoms with van der Waals surface area (Å²) in [6.45, 7) is 3.89. The Bertz CT molecular complexity index is 864. The Morgan fingerprint density at radius 3 is 2.11 bits per heavy atom. The summed E-state index contributed by atoms with van der Waals surface area (Å²) in [6, 6.07) is 18.3. The standard InChI is InChI=1S/C21H27N3O3S/c1-2-20(21(25)22-19-11-7-4-8-12-19)23-13-15-24(16-14-23)28(26,27)17-18-9-5-3-6-10-18/h3-12,20H,2,13-17H2,1H3,(H,22,25)/t20-/m1/s1. The molecule has 0 radical (unpaired) electrons. The summed E-state index contributed by atoms with van der Waals surface area (Å²) in [4.78, 5) is 14.8. The van der Waals surface area contributed by atoms with Crippen LogP contribution in [0, 0.1) is 0 Å². The fourth-order valence-electron chi connectivity index (χ4n) is 3.53. The van der Waals surface area contributed by atoms with E-state index in [9.17, 15) is 13.2 Å². The zero-order valence-corrected chi connectivity index (χ0v) is 16.9. The molecule has 1 heterocycles. The van der Waals surface area contributed by atoms with Crippen LogP contribution in [0.1, 0.15) is 18.9 Å². The molecule has 1 fully saturated rings. The Hall–Kier alpha value is -2.22. The number of piperazine rings is 1. The fraction of sp³-hybridized carbons (Fsp3) is 0.381. The SMILES string of the molecule is CC[C@H](C(=O)Nc1ccccc1)N1CCN(S(=O)(=O)Cc2ccccc2)CC1. The van der Waals surface area contributed by atoms with Gasteiger partial charge < -0.3 is 5.32 Å². The predicted molar refractivity (Wildman–Crippen MR) is 111 cm³/mol. The summed E-state index contributed by atoms with van der Waals surface area (Å²) in [5.74, 6) is -0.0335. The molecule has 28 heavy (non-hydrogen) atoms. The molecule has 1 amide bonds. The number of hydrogen-bond acceptors (Lipinski definition) is 4. The highest BCUT2D eigenvalue weighted by molar-refractivity contribution is 7.88. The molecule has 3 rings (SSSR count). The molecular formula is C21H27N3O3S. The smallest absolute Gasteiger partial charge is 0.241 e. The van der Waals surface area contributed by atoms with Gasteiger partial charge in [0.1, 0.15) is 0 Å². The van der Waals surface area contributed by atoms with E-state index in [1.807, 2.05) is 67.6 Å². The summed E-state index contributed by atoms with van der Waals surface area (Å²) in [6.07, 6.45) is 0.676. The van der Waals surface area contributed by atoms with Crippen LogP contribution in [0.5, 0.6) is 0 Å². The molecule has 6 nitrogen and oxygen atoms in total. The number of nitrogens with zero attached hydrogens (tertiary/aromatic N) is 2. The van der Waals surface area contributed by atoms with E-state index >= 15 is 0 Å². The van der Waals surface area contributed by atoms with E-state index in [0.717, 1.165) is 11.3 Å². The van der Waals surface area contributed by atoms with Gasteiger partial charge in [-0.3, -0.25) is 9.69 Å². The molecule has 0 spiro atoms. The van der Waals surface area contributed by atoms with Crippen molar-refractivity contribution in [3.05, 3.63) is 66.2 Å². The van der Waals surface area contributed by atoms with Crippen LogP contribution in [0.15, 0.2) is 60.7 Å². The van der Waals surface area contributed by atoms with Crippen LogP contribution < -0.4 is 5.32 Å². The average molecular weight is 402 g/mol. The van der Waals surface area contributed by atoms with Crippen molar-refractivity contribution >= 4 is 21.6 Å². The molecule has 0 saturated carbocycles. The molecule has 0 unspecified atom stereocenters. The number of hydrogen-bond donors (Lipinski definition) is 1. The maximum atomic E-state index is 12.7. The van der Waals surface area contributed by atoms with Gasteiger partial charge in [0.05, 0.1) is 11.8 Å². The molecule has 7 heteroatoms. The van der Waals surface area contributed by atoms with Crippen LogP contribution in [0.4, 0.5) is 5.69 Å². The van der Waals surface area contributed by atoms with Crippen molar-refractivity contribution in [2.24, 2.45) is 0 Å². The number of carbonyl (C=O) groups excluding carboxylic acids is 1. The van der Waals surface area contributed by atoms with Crippen molar-refractivity contribution in [1.29, 1.82) is 0 Å². The van der Waals surface area contributed by atoms with Gasteiger partial charge in [-0.15, -0.1) is 0 Å². The van der Waals surface area contributed by atoms with Gasteiger partial charge in [0.25, 0.3) is 0 Å². The molecule has 150 valence electrons. The third-order valence-electron chi connectivity index (χ3n) is 5.03. The van der Waals surface area contributed by atoms with Crippen LogP contribution in [0.2, 0.25) is 0 Å². The van der Waals surface area contributed by atoms with E-state index in [1.54, 1.807) is 4.31 Å². The van der Waals surface area contributed by atoms with Crippen molar-refractivity contribution < 1.29 is 13.2 Å². The number of carbonyl (C=O) groups is 1. The number of benzene rings is 2. The number of anilines is 1. The highest BCUT2D eigenvalue weighted by Gasteiger charge is 2.32. The topological polar surface area (TPSA) is 69.7 Å². The molecule has 1 aliphatic rings. The van der Waals surface area contributed by atoms with E-state index in [0.29, 0.717) is 32.6 Å². The van der Waals surface area contributed by atoms with Crippen LogP contribution in [0.3, 0.4) is 0 Å². The van der Waals surface area contributed by atoms with E-state index < -0.39 is 10.0 Å². The lowest BCUT2D eigenvalue weighted by atomic mass is 10.1. The molecular weight excluding hydrogens is 374 g/mol. The largest absolute Gasteiger partial charge is 0.325 e. The maximum absolute atomic E-state index is 12.7. The first kappa shape index (κ1) is 20.5. The van der Waals surface area contributed by atoms with Crippen molar-refractivity contribution in [3.63, 3.8) is 0 Å². The second kappa shape index (κ2) is 9.32. The monoisotopic (exact) mass is 401 g/mol.